The summed E-state index contributed by atoms with van der Waals surface area (Å²) >= 11 is 0. The summed E-state index contributed by atoms with van der Waals surface area (Å²) in [5.41, 5.74) is 0. The largest absolute Gasteiger partial charge is 0.461 e. The van der Waals surface area contributed by atoms with Crippen LogP contribution in [0.1, 0.15) is 278 Å². The molecule has 0 heterocycles. The number of allylic oxidation sites excluding steroid dienone is 3. The number of ether oxygens (including phenoxy) is 3. The van der Waals surface area contributed by atoms with Crippen molar-refractivity contribution in [1.29, 1.82) is 0 Å². The fraction of sp³-hybridized carbons (Fsp3) is 0.855. The smallest absolute Gasteiger partial charge is 0.306 e. The predicted octanol–water partition coefficient (Wildman–Crippen LogP) is 16.5. The lowest BCUT2D eigenvalue weighted by atomic mass is 10.1. The van der Waals surface area contributed by atoms with Crippen molar-refractivity contribution in [1.82, 2.24) is 9.80 Å². The topological polar surface area (TPSA) is 106 Å². The number of rotatable bonds is 57. The average molecular weight is 1000 g/mol. The number of unbranched alkanes of at least 4 members (excludes halogenated alkanes) is 30. The fourth-order valence-electron chi connectivity index (χ4n) is 9.06. The number of hydrogen-bond donors (Lipinski definition) is 1. The minimum absolute atomic E-state index is 0.0660. The molecule has 9 heteroatoms. The minimum Gasteiger partial charge on any atom is -0.461 e. The summed E-state index contributed by atoms with van der Waals surface area (Å²) in [6.07, 6.45) is 57.9. The highest BCUT2D eigenvalue weighted by atomic mass is 16.5. The van der Waals surface area contributed by atoms with Gasteiger partial charge >= 0.3 is 17.9 Å². The van der Waals surface area contributed by atoms with E-state index in [9.17, 15) is 19.5 Å². The summed E-state index contributed by atoms with van der Waals surface area (Å²) in [6, 6.07) is 0. The zero-order valence-electron chi connectivity index (χ0n) is 47.1. The van der Waals surface area contributed by atoms with Crippen molar-refractivity contribution in [2.24, 2.45) is 0 Å². The van der Waals surface area contributed by atoms with E-state index < -0.39 is 0 Å². The van der Waals surface area contributed by atoms with Crippen LogP contribution in [-0.2, 0) is 28.6 Å². The van der Waals surface area contributed by atoms with Crippen LogP contribution >= 0.6 is 0 Å². The molecule has 0 aromatic carbocycles. The zero-order chi connectivity index (χ0) is 51.6. The van der Waals surface area contributed by atoms with E-state index in [1.165, 1.54) is 173 Å². The van der Waals surface area contributed by atoms with Gasteiger partial charge < -0.3 is 29.1 Å². The number of aliphatic hydroxyl groups excluding tert-OH is 1. The Bertz CT molecular complexity index is 1170. The molecule has 0 aliphatic heterocycles. The second-order valence-corrected chi connectivity index (χ2v) is 20.4. The Morgan fingerprint density at radius 1 is 0.310 bits per heavy atom. The molecule has 0 aliphatic rings. The number of hydrogen-bond acceptors (Lipinski definition) is 9. The number of aliphatic hydroxyl groups is 1. The predicted molar refractivity (Wildman–Crippen MR) is 302 cm³/mol. The van der Waals surface area contributed by atoms with Crippen LogP contribution in [0.25, 0.3) is 0 Å². The first-order chi connectivity index (χ1) is 35.0. The lowest BCUT2D eigenvalue weighted by Gasteiger charge is -2.26. The van der Waals surface area contributed by atoms with Gasteiger partial charge in [0.1, 0.15) is 19.8 Å². The summed E-state index contributed by atoms with van der Waals surface area (Å²) in [6.45, 7) is 14.4. The zero-order valence-corrected chi connectivity index (χ0v) is 47.1. The Kier molecular flexibility index (Phi) is 56.4. The third-order valence-corrected chi connectivity index (χ3v) is 13.6. The highest BCUT2D eigenvalue weighted by Gasteiger charge is 2.10. The fourth-order valence-corrected chi connectivity index (χ4v) is 9.06. The molecule has 0 rings (SSSR count). The summed E-state index contributed by atoms with van der Waals surface area (Å²) in [4.78, 5) is 41.5. The second-order valence-electron chi connectivity index (χ2n) is 20.4. The maximum atomic E-state index is 12.1. The molecule has 1 N–H and O–H groups in total. The highest BCUT2D eigenvalue weighted by Crippen LogP contribution is 2.15. The number of carbonyl (C=O) groups excluding carboxylic acids is 3. The van der Waals surface area contributed by atoms with Crippen LogP contribution in [0.15, 0.2) is 36.5 Å². The minimum atomic E-state index is -0.0720. The molecule has 416 valence electrons. The lowest BCUT2D eigenvalue weighted by Crippen LogP contribution is -2.33. The van der Waals surface area contributed by atoms with Gasteiger partial charge in [-0.1, -0.05) is 211 Å². The van der Waals surface area contributed by atoms with Crippen molar-refractivity contribution in [2.75, 3.05) is 65.7 Å². The van der Waals surface area contributed by atoms with Crippen LogP contribution in [0, 0.1) is 0 Å². The van der Waals surface area contributed by atoms with Gasteiger partial charge in [-0.25, -0.2) is 0 Å². The van der Waals surface area contributed by atoms with Crippen LogP contribution in [0.5, 0.6) is 0 Å². The molecule has 0 aromatic rings. The second kappa shape index (κ2) is 58.4. The van der Waals surface area contributed by atoms with Gasteiger partial charge in [-0.3, -0.25) is 14.4 Å². The number of carbonyl (C=O) groups is 3. The third-order valence-electron chi connectivity index (χ3n) is 13.6. The first-order valence-electron chi connectivity index (χ1n) is 30.4. The molecular weight excluding hydrogens is 885 g/mol. The van der Waals surface area contributed by atoms with E-state index in [4.69, 9.17) is 14.2 Å². The van der Waals surface area contributed by atoms with E-state index in [-0.39, 0.29) is 24.5 Å². The molecule has 0 saturated carbocycles. The number of esters is 3. The van der Waals surface area contributed by atoms with Gasteiger partial charge in [-0.05, 0) is 116 Å². The molecule has 0 bridgehead atoms. The Labute approximate surface area is 439 Å². The van der Waals surface area contributed by atoms with Crippen LogP contribution in [-0.4, -0.2) is 98.5 Å². The van der Waals surface area contributed by atoms with Gasteiger partial charge in [0.05, 0.1) is 6.61 Å². The van der Waals surface area contributed by atoms with Crippen molar-refractivity contribution < 1.29 is 33.7 Å². The lowest BCUT2D eigenvalue weighted by molar-refractivity contribution is -0.143. The molecule has 0 amide bonds. The van der Waals surface area contributed by atoms with Crippen LogP contribution < -0.4 is 0 Å². The normalized spacial score (nSPS) is 11.9. The van der Waals surface area contributed by atoms with Crippen molar-refractivity contribution in [3.8, 4) is 0 Å². The van der Waals surface area contributed by atoms with Crippen molar-refractivity contribution in [3.63, 3.8) is 0 Å². The Hall–Kier alpha value is -2.49. The maximum Gasteiger partial charge on any atom is 0.306 e. The van der Waals surface area contributed by atoms with Gasteiger partial charge in [0.15, 0.2) is 0 Å². The molecule has 0 radical (unpaired) electrons. The molecule has 0 unspecified atom stereocenters. The van der Waals surface area contributed by atoms with Gasteiger partial charge in [0.25, 0.3) is 0 Å². The molecular formula is C62H116N2O7. The molecule has 0 atom stereocenters. The molecule has 9 nitrogen and oxygen atoms in total. The van der Waals surface area contributed by atoms with Crippen molar-refractivity contribution in [2.45, 2.75) is 278 Å². The molecule has 0 saturated heterocycles. The van der Waals surface area contributed by atoms with Crippen LogP contribution in [0.3, 0.4) is 0 Å². The van der Waals surface area contributed by atoms with Crippen molar-refractivity contribution >= 4 is 17.9 Å². The standard InChI is InChI=1S/C62H116N2O7/c1-4-7-10-13-25-34-43-57-69-60(66)47-37-28-19-16-22-31-40-50-63(51-41-32-23-17-20-29-38-48-61(67)70-58-44-35-26-14-11-8-5-2)53-46-54-64(55-56-65)52-42-33-24-18-21-30-39-49-62(68)71-59-45-36-27-15-12-9-6-3/h34-36,43-45,65H,4-33,37-42,46-59H2,1-3H3/b43-34-,44-35-,45-36-. The molecule has 0 fully saturated rings. The SMILES string of the molecule is CCCCCC/C=C\COC(=O)CCCCCCCCCN(CCO)CCCN(CCCCCCCCCC(=O)OC/C=C\CCCCCC)CCCCCCCCCC(=O)OC/C=C\CCCCCC. The van der Waals surface area contributed by atoms with E-state index >= 15 is 0 Å². The van der Waals surface area contributed by atoms with E-state index in [1.807, 2.05) is 18.2 Å². The third kappa shape index (κ3) is 55.1. The Morgan fingerprint density at radius 3 is 0.859 bits per heavy atom. The first kappa shape index (κ1) is 68.5. The summed E-state index contributed by atoms with van der Waals surface area (Å²) in [7, 11) is 0. The van der Waals surface area contributed by atoms with Crippen LogP contribution in [0.2, 0.25) is 0 Å². The monoisotopic (exact) mass is 1000 g/mol. The summed E-state index contributed by atoms with van der Waals surface area (Å²) < 4.78 is 16.1. The quantitative estimate of drug-likeness (QED) is 0.0276. The highest BCUT2D eigenvalue weighted by molar-refractivity contribution is 5.70. The van der Waals surface area contributed by atoms with E-state index in [0.717, 1.165) is 103 Å². The Balaban J connectivity index is 4.46. The van der Waals surface area contributed by atoms with E-state index in [2.05, 4.69) is 48.8 Å². The molecule has 71 heavy (non-hydrogen) atoms. The first-order valence-corrected chi connectivity index (χ1v) is 30.4. The number of nitrogens with zero attached hydrogens (tertiary/aromatic N) is 2. The van der Waals surface area contributed by atoms with Gasteiger partial charge in [0, 0.05) is 25.8 Å². The average Bonchev–Trinajstić information content (AvgIpc) is 3.36. The molecule has 0 aliphatic carbocycles. The molecule has 0 aromatic heterocycles. The van der Waals surface area contributed by atoms with E-state index in [1.54, 1.807) is 0 Å². The molecule has 0 spiro atoms. The van der Waals surface area contributed by atoms with Gasteiger partial charge in [-0.15, -0.1) is 0 Å². The van der Waals surface area contributed by atoms with Crippen molar-refractivity contribution in [3.05, 3.63) is 36.5 Å². The van der Waals surface area contributed by atoms with Crippen LogP contribution in [0.4, 0.5) is 0 Å². The maximum absolute atomic E-state index is 12.1. The van der Waals surface area contributed by atoms with Gasteiger partial charge in [-0.2, -0.15) is 0 Å². The summed E-state index contributed by atoms with van der Waals surface area (Å²) in [5.74, 6) is -0.204. The summed E-state index contributed by atoms with van der Waals surface area (Å²) in [5, 5.41) is 9.85. The van der Waals surface area contributed by atoms with Gasteiger partial charge in [0.2, 0.25) is 0 Å². The Morgan fingerprint density at radius 2 is 0.563 bits per heavy atom. The van der Waals surface area contributed by atoms with E-state index in [0.29, 0.717) is 39.1 Å².